The monoisotopic (exact) mass is 263 g/mol. The molecule has 0 aliphatic rings. The Bertz CT molecular complexity index is 282. The summed E-state index contributed by atoms with van der Waals surface area (Å²) >= 11 is 0. The van der Waals surface area contributed by atoms with E-state index in [0.29, 0.717) is 0 Å². The lowest BCUT2D eigenvalue weighted by atomic mass is 10.1. The zero-order valence-corrected chi connectivity index (χ0v) is 9.57. The Morgan fingerprint density at radius 1 is 1.18 bits per heavy atom. The number of hydrogen-bond donors (Lipinski definition) is 1. The maximum Gasteiger partial charge on any atom is 0.453 e. The van der Waals surface area contributed by atoms with Gasteiger partial charge < -0.3 is 10.5 Å². The summed E-state index contributed by atoms with van der Waals surface area (Å²) in [6.45, 7) is 4.33. The molecule has 1 atom stereocenters. The number of esters is 1. The standard InChI is InChI=1S/C9H14F5NO2/c1-7(2,3)17-6(16)5(15)4-8(10,11)9(12,13)14/h5H,4,15H2,1-3H3. The number of carbonyl (C=O) groups is 1. The fourth-order valence-corrected chi connectivity index (χ4v) is 0.853. The summed E-state index contributed by atoms with van der Waals surface area (Å²) in [6.07, 6.45) is -7.56. The van der Waals surface area contributed by atoms with Gasteiger partial charge in [-0.15, -0.1) is 0 Å². The van der Waals surface area contributed by atoms with Gasteiger partial charge in [0.2, 0.25) is 0 Å². The van der Waals surface area contributed by atoms with Crippen molar-refractivity contribution in [2.24, 2.45) is 5.73 Å². The van der Waals surface area contributed by atoms with Gasteiger partial charge >= 0.3 is 18.1 Å². The van der Waals surface area contributed by atoms with Crippen LogP contribution in [0.5, 0.6) is 0 Å². The number of rotatable bonds is 3. The predicted octanol–water partition coefficient (Wildman–Crippen LogP) is 2.24. The summed E-state index contributed by atoms with van der Waals surface area (Å²) in [7, 11) is 0. The second kappa shape index (κ2) is 4.75. The van der Waals surface area contributed by atoms with E-state index in [1.807, 2.05) is 0 Å². The second-order valence-corrected chi connectivity index (χ2v) is 4.55. The molecule has 0 aliphatic carbocycles. The van der Waals surface area contributed by atoms with Gasteiger partial charge in [0.15, 0.2) is 0 Å². The SMILES string of the molecule is CC(C)(C)OC(=O)C(N)CC(F)(F)C(F)(F)F. The highest BCUT2D eigenvalue weighted by molar-refractivity contribution is 5.76. The maximum atomic E-state index is 12.6. The number of halogens is 5. The molecule has 3 nitrogen and oxygen atoms in total. The van der Waals surface area contributed by atoms with Crippen molar-refractivity contribution in [3.8, 4) is 0 Å². The number of ether oxygens (including phenoxy) is 1. The van der Waals surface area contributed by atoms with Gasteiger partial charge in [-0.25, -0.2) is 0 Å². The Balaban J connectivity index is 4.56. The Kier molecular flexibility index (Phi) is 4.50. The first-order valence-electron chi connectivity index (χ1n) is 4.69. The highest BCUT2D eigenvalue weighted by atomic mass is 19.4. The first-order valence-corrected chi connectivity index (χ1v) is 4.69. The summed E-state index contributed by atoms with van der Waals surface area (Å²) in [5.41, 5.74) is 3.95. The Labute approximate surface area is 95.1 Å². The zero-order valence-electron chi connectivity index (χ0n) is 9.57. The first-order chi connectivity index (χ1) is 7.26. The normalized spacial score (nSPS) is 15.6. The largest absolute Gasteiger partial charge is 0.459 e. The van der Waals surface area contributed by atoms with Crippen LogP contribution in [-0.4, -0.2) is 29.7 Å². The molecule has 0 radical (unpaired) electrons. The van der Waals surface area contributed by atoms with Crippen LogP contribution in [0.15, 0.2) is 0 Å². The molecule has 0 heterocycles. The van der Waals surface area contributed by atoms with Crippen LogP contribution in [-0.2, 0) is 9.53 Å². The van der Waals surface area contributed by atoms with Crippen molar-refractivity contribution in [2.45, 2.75) is 50.9 Å². The summed E-state index contributed by atoms with van der Waals surface area (Å²) in [5, 5.41) is 0. The minimum absolute atomic E-state index is 0.998. The van der Waals surface area contributed by atoms with E-state index in [9.17, 15) is 26.7 Å². The van der Waals surface area contributed by atoms with E-state index in [4.69, 9.17) is 5.73 Å². The van der Waals surface area contributed by atoms with E-state index >= 15 is 0 Å². The van der Waals surface area contributed by atoms with E-state index in [1.165, 1.54) is 20.8 Å². The Morgan fingerprint density at radius 2 is 1.59 bits per heavy atom. The van der Waals surface area contributed by atoms with Crippen LogP contribution in [0.2, 0.25) is 0 Å². The van der Waals surface area contributed by atoms with E-state index in [2.05, 4.69) is 4.74 Å². The fraction of sp³-hybridized carbons (Fsp3) is 0.889. The molecule has 0 aliphatic heterocycles. The molecule has 0 saturated carbocycles. The van der Waals surface area contributed by atoms with Crippen molar-refractivity contribution in [3.63, 3.8) is 0 Å². The number of carbonyl (C=O) groups excluding carboxylic acids is 1. The molecule has 0 amide bonds. The van der Waals surface area contributed by atoms with Crippen molar-refractivity contribution >= 4 is 5.97 Å². The molecule has 17 heavy (non-hydrogen) atoms. The molecular weight excluding hydrogens is 249 g/mol. The highest BCUT2D eigenvalue weighted by Gasteiger charge is 2.58. The minimum atomic E-state index is -5.73. The van der Waals surface area contributed by atoms with Gasteiger partial charge in [0.25, 0.3) is 0 Å². The molecule has 0 saturated heterocycles. The van der Waals surface area contributed by atoms with Crippen LogP contribution in [0.1, 0.15) is 27.2 Å². The van der Waals surface area contributed by atoms with Gasteiger partial charge in [0.05, 0.1) is 0 Å². The minimum Gasteiger partial charge on any atom is -0.459 e. The lowest BCUT2D eigenvalue weighted by Crippen LogP contribution is -2.46. The summed E-state index contributed by atoms with van der Waals surface area (Å²) in [5.74, 6) is -6.30. The van der Waals surface area contributed by atoms with E-state index in [1.54, 1.807) is 0 Å². The molecule has 0 aromatic heterocycles. The average molecular weight is 263 g/mol. The molecule has 0 aromatic carbocycles. The molecule has 1 unspecified atom stereocenters. The van der Waals surface area contributed by atoms with Crippen molar-refractivity contribution in [3.05, 3.63) is 0 Å². The smallest absolute Gasteiger partial charge is 0.453 e. The Morgan fingerprint density at radius 3 is 1.88 bits per heavy atom. The van der Waals surface area contributed by atoms with Crippen LogP contribution < -0.4 is 5.73 Å². The van der Waals surface area contributed by atoms with Crippen LogP contribution >= 0.6 is 0 Å². The lowest BCUT2D eigenvalue weighted by Gasteiger charge is -2.25. The average Bonchev–Trinajstić information content (AvgIpc) is 1.97. The van der Waals surface area contributed by atoms with Gasteiger partial charge in [-0.2, -0.15) is 22.0 Å². The van der Waals surface area contributed by atoms with Crippen LogP contribution in [0.25, 0.3) is 0 Å². The number of hydrogen-bond acceptors (Lipinski definition) is 3. The van der Waals surface area contributed by atoms with E-state index in [0.717, 1.165) is 0 Å². The molecule has 0 spiro atoms. The molecule has 102 valence electrons. The van der Waals surface area contributed by atoms with Gasteiger partial charge in [0.1, 0.15) is 11.6 Å². The highest BCUT2D eigenvalue weighted by Crippen LogP contribution is 2.38. The number of alkyl halides is 5. The van der Waals surface area contributed by atoms with Crippen LogP contribution in [0.3, 0.4) is 0 Å². The zero-order chi connectivity index (χ0) is 14.1. The van der Waals surface area contributed by atoms with E-state index < -0.39 is 36.1 Å². The third kappa shape index (κ3) is 5.29. The van der Waals surface area contributed by atoms with Crippen molar-refractivity contribution in [2.75, 3.05) is 0 Å². The van der Waals surface area contributed by atoms with Crippen molar-refractivity contribution < 1.29 is 31.5 Å². The summed E-state index contributed by atoms with van der Waals surface area (Å²) in [4.78, 5) is 11.1. The van der Waals surface area contributed by atoms with Crippen LogP contribution in [0, 0.1) is 0 Å². The third-order valence-corrected chi connectivity index (χ3v) is 1.60. The molecule has 8 heteroatoms. The number of nitrogens with two attached hydrogens (primary N) is 1. The third-order valence-electron chi connectivity index (χ3n) is 1.60. The second-order valence-electron chi connectivity index (χ2n) is 4.55. The summed E-state index contributed by atoms with van der Waals surface area (Å²) < 4.78 is 65.2. The fourth-order valence-electron chi connectivity index (χ4n) is 0.853. The van der Waals surface area contributed by atoms with Crippen molar-refractivity contribution in [1.29, 1.82) is 0 Å². The Hall–Kier alpha value is -0.920. The summed E-state index contributed by atoms with van der Waals surface area (Å²) in [6, 6.07) is -2.02. The molecular formula is C9H14F5NO2. The molecule has 0 fully saturated rings. The van der Waals surface area contributed by atoms with Crippen molar-refractivity contribution in [1.82, 2.24) is 0 Å². The predicted molar refractivity (Wildman–Crippen MR) is 49.4 cm³/mol. The molecule has 2 N–H and O–H groups in total. The topological polar surface area (TPSA) is 52.3 Å². The molecule has 0 aromatic rings. The van der Waals surface area contributed by atoms with Gasteiger partial charge in [-0.05, 0) is 20.8 Å². The van der Waals surface area contributed by atoms with Gasteiger partial charge in [0, 0.05) is 6.42 Å². The maximum absolute atomic E-state index is 12.6. The molecule has 0 bridgehead atoms. The molecule has 0 rings (SSSR count). The van der Waals surface area contributed by atoms with E-state index in [-0.39, 0.29) is 0 Å². The van der Waals surface area contributed by atoms with Crippen LogP contribution in [0.4, 0.5) is 22.0 Å². The van der Waals surface area contributed by atoms with Gasteiger partial charge in [-0.1, -0.05) is 0 Å². The van der Waals surface area contributed by atoms with Gasteiger partial charge in [-0.3, -0.25) is 4.79 Å². The first kappa shape index (κ1) is 16.1. The quantitative estimate of drug-likeness (QED) is 0.627. The lowest BCUT2D eigenvalue weighted by molar-refractivity contribution is -0.285.